The van der Waals surface area contributed by atoms with Crippen LogP contribution in [0, 0.1) is 5.82 Å². The fraction of sp³-hybridized carbons (Fsp3) is 0.333. The summed E-state index contributed by atoms with van der Waals surface area (Å²) < 4.78 is 19.1. The van der Waals surface area contributed by atoms with Crippen LogP contribution in [-0.4, -0.2) is 16.4 Å². The number of benzene rings is 1. The van der Waals surface area contributed by atoms with Gasteiger partial charge in [-0.1, -0.05) is 16.8 Å². The van der Waals surface area contributed by atoms with Crippen molar-refractivity contribution in [1.82, 2.24) is 5.16 Å². The first-order valence-electron chi connectivity index (χ1n) is 6.75. The Balaban J connectivity index is 1.87. The van der Waals surface area contributed by atoms with Gasteiger partial charge in [-0.2, -0.15) is 0 Å². The number of rotatable bonds is 5. The van der Waals surface area contributed by atoms with Crippen LogP contribution < -0.4 is 5.32 Å². The number of alkyl halides is 1. The highest BCUT2D eigenvalue weighted by atomic mass is 35.5. The van der Waals surface area contributed by atoms with E-state index in [0.29, 0.717) is 11.3 Å². The van der Waals surface area contributed by atoms with Gasteiger partial charge in [0.2, 0.25) is 0 Å². The van der Waals surface area contributed by atoms with E-state index < -0.39 is 11.3 Å². The standard InChI is InChI=1S/C15H14ClFN2O2/c1-8(16)19-13-5-4-10(6-12(13)17)14(20)11-7-18-21-15(11)9-2-3-9/h4-9,19H,2-3H2,1H3. The number of aromatic nitrogens is 1. The second-order valence-corrected chi connectivity index (χ2v) is 5.82. The molecule has 1 saturated carbocycles. The number of carbonyl (C=O) groups excluding carboxylic acids is 1. The molecular formula is C15H14ClFN2O2. The summed E-state index contributed by atoms with van der Waals surface area (Å²) in [6.45, 7) is 1.69. The molecule has 0 amide bonds. The third kappa shape index (κ3) is 2.93. The summed E-state index contributed by atoms with van der Waals surface area (Å²) in [4.78, 5) is 12.4. The van der Waals surface area contributed by atoms with Crippen LogP contribution in [0.1, 0.15) is 47.4 Å². The molecule has 1 heterocycles. The molecule has 6 heteroatoms. The molecule has 4 nitrogen and oxygen atoms in total. The molecule has 1 atom stereocenters. The van der Waals surface area contributed by atoms with Gasteiger partial charge in [0.1, 0.15) is 5.82 Å². The van der Waals surface area contributed by atoms with Crippen molar-refractivity contribution < 1.29 is 13.7 Å². The van der Waals surface area contributed by atoms with Crippen molar-refractivity contribution in [3.63, 3.8) is 0 Å². The summed E-state index contributed by atoms with van der Waals surface area (Å²) in [5.74, 6) is 0.0895. The Morgan fingerprint density at radius 1 is 1.52 bits per heavy atom. The number of ketones is 1. The van der Waals surface area contributed by atoms with Gasteiger partial charge in [-0.15, -0.1) is 0 Å². The Morgan fingerprint density at radius 2 is 2.29 bits per heavy atom. The van der Waals surface area contributed by atoms with E-state index in [1.54, 1.807) is 13.0 Å². The van der Waals surface area contributed by atoms with Crippen LogP contribution in [0.5, 0.6) is 0 Å². The Labute approximate surface area is 126 Å². The monoisotopic (exact) mass is 308 g/mol. The molecule has 1 aromatic heterocycles. The normalized spacial score (nSPS) is 15.8. The zero-order chi connectivity index (χ0) is 15.0. The van der Waals surface area contributed by atoms with Crippen LogP contribution in [0.4, 0.5) is 10.1 Å². The highest BCUT2D eigenvalue weighted by Gasteiger charge is 2.32. The zero-order valence-corrected chi connectivity index (χ0v) is 12.2. The van der Waals surface area contributed by atoms with Crippen molar-refractivity contribution >= 4 is 23.1 Å². The van der Waals surface area contributed by atoms with Crippen LogP contribution in [0.2, 0.25) is 0 Å². The fourth-order valence-electron chi connectivity index (χ4n) is 2.20. The zero-order valence-electron chi connectivity index (χ0n) is 11.4. The number of hydrogen-bond acceptors (Lipinski definition) is 4. The molecule has 0 aliphatic heterocycles. The SMILES string of the molecule is CC(Cl)Nc1ccc(C(=O)c2cnoc2C2CC2)cc1F. The second-order valence-electron chi connectivity index (χ2n) is 5.16. The minimum absolute atomic E-state index is 0.266. The van der Waals surface area contributed by atoms with Gasteiger partial charge in [0.15, 0.2) is 11.5 Å². The van der Waals surface area contributed by atoms with Gasteiger partial charge < -0.3 is 9.84 Å². The molecule has 1 aliphatic carbocycles. The third-order valence-corrected chi connectivity index (χ3v) is 3.49. The topological polar surface area (TPSA) is 55.1 Å². The van der Waals surface area contributed by atoms with Crippen molar-refractivity contribution in [2.45, 2.75) is 31.2 Å². The maximum absolute atomic E-state index is 14.0. The van der Waals surface area contributed by atoms with Crippen LogP contribution in [-0.2, 0) is 0 Å². The van der Waals surface area contributed by atoms with E-state index in [1.165, 1.54) is 18.3 Å². The summed E-state index contributed by atoms with van der Waals surface area (Å²) >= 11 is 5.77. The molecule has 110 valence electrons. The number of hydrogen-bond donors (Lipinski definition) is 1. The molecule has 2 aromatic rings. The Morgan fingerprint density at radius 3 is 2.90 bits per heavy atom. The summed E-state index contributed by atoms with van der Waals surface area (Å²) in [5.41, 5.74) is 0.552. The third-order valence-electron chi connectivity index (χ3n) is 3.38. The predicted octanol–water partition coefficient (Wildman–Crippen LogP) is 3.92. The lowest BCUT2D eigenvalue weighted by molar-refractivity contribution is 0.103. The highest BCUT2D eigenvalue weighted by molar-refractivity contribution is 6.21. The minimum Gasteiger partial charge on any atom is -0.367 e. The van der Waals surface area contributed by atoms with Crippen LogP contribution in [0.3, 0.4) is 0 Å². The molecule has 1 aliphatic rings. The van der Waals surface area contributed by atoms with Gasteiger partial charge in [0.25, 0.3) is 0 Å². The van der Waals surface area contributed by atoms with Gasteiger partial charge in [-0.25, -0.2) is 4.39 Å². The average Bonchev–Trinajstić information content (AvgIpc) is 3.17. The highest BCUT2D eigenvalue weighted by Crippen LogP contribution is 2.42. The first-order chi connectivity index (χ1) is 10.1. The van der Waals surface area contributed by atoms with E-state index in [0.717, 1.165) is 12.8 Å². The molecule has 0 bridgehead atoms. The quantitative estimate of drug-likeness (QED) is 0.517. The Kier molecular flexibility index (Phi) is 3.68. The Bertz CT molecular complexity index is 680. The smallest absolute Gasteiger partial charge is 0.198 e. The molecule has 1 aromatic carbocycles. The summed E-state index contributed by atoms with van der Waals surface area (Å²) in [5, 5.41) is 6.45. The molecule has 21 heavy (non-hydrogen) atoms. The van der Waals surface area contributed by atoms with Crippen LogP contribution >= 0.6 is 11.6 Å². The summed E-state index contributed by atoms with van der Waals surface area (Å²) in [6.07, 6.45) is 3.40. The number of nitrogens with one attached hydrogen (secondary N) is 1. The van der Waals surface area contributed by atoms with E-state index in [9.17, 15) is 9.18 Å². The molecule has 0 spiro atoms. The van der Waals surface area contributed by atoms with Crippen LogP contribution in [0.25, 0.3) is 0 Å². The molecule has 0 saturated heterocycles. The Hall–Kier alpha value is -1.88. The van der Waals surface area contributed by atoms with Gasteiger partial charge in [0.05, 0.1) is 22.9 Å². The molecule has 3 rings (SSSR count). The fourth-order valence-corrected chi connectivity index (χ4v) is 2.32. The van der Waals surface area contributed by atoms with Crippen molar-refractivity contribution in [3.05, 3.63) is 47.1 Å². The van der Waals surface area contributed by atoms with E-state index >= 15 is 0 Å². The predicted molar refractivity (Wildman–Crippen MR) is 77.2 cm³/mol. The van der Waals surface area contributed by atoms with Gasteiger partial charge in [-0.05, 0) is 38.0 Å². The molecular weight excluding hydrogens is 295 g/mol. The van der Waals surface area contributed by atoms with E-state index in [2.05, 4.69) is 10.5 Å². The maximum atomic E-state index is 14.0. The van der Waals surface area contributed by atoms with Crippen molar-refractivity contribution in [1.29, 1.82) is 0 Å². The van der Waals surface area contributed by atoms with Gasteiger partial charge in [0, 0.05) is 11.5 Å². The number of nitrogens with zero attached hydrogens (tertiary/aromatic N) is 1. The largest absolute Gasteiger partial charge is 0.367 e. The lowest BCUT2D eigenvalue weighted by Crippen LogP contribution is -2.09. The number of halogens is 2. The molecule has 1 N–H and O–H groups in total. The first kappa shape index (κ1) is 14.1. The van der Waals surface area contributed by atoms with Gasteiger partial charge in [-0.3, -0.25) is 4.79 Å². The molecule has 1 fully saturated rings. The van der Waals surface area contributed by atoms with Gasteiger partial charge >= 0.3 is 0 Å². The number of anilines is 1. The second kappa shape index (κ2) is 5.48. The summed E-state index contributed by atoms with van der Waals surface area (Å²) in [6, 6.07) is 4.27. The first-order valence-corrected chi connectivity index (χ1v) is 7.19. The van der Waals surface area contributed by atoms with E-state index in [1.807, 2.05) is 0 Å². The molecule has 1 unspecified atom stereocenters. The van der Waals surface area contributed by atoms with Crippen molar-refractivity contribution in [2.24, 2.45) is 0 Å². The average molecular weight is 309 g/mol. The lowest BCUT2D eigenvalue weighted by atomic mass is 10.0. The van der Waals surface area contributed by atoms with Crippen molar-refractivity contribution in [2.75, 3.05) is 5.32 Å². The molecule has 0 radical (unpaired) electrons. The van der Waals surface area contributed by atoms with Crippen molar-refractivity contribution in [3.8, 4) is 0 Å². The van der Waals surface area contributed by atoms with Crippen LogP contribution in [0.15, 0.2) is 28.9 Å². The van der Waals surface area contributed by atoms with E-state index in [4.69, 9.17) is 16.1 Å². The lowest BCUT2D eigenvalue weighted by Gasteiger charge is -2.10. The number of carbonyl (C=O) groups is 1. The minimum atomic E-state index is -0.516. The van der Waals surface area contributed by atoms with E-state index in [-0.39, 0.29) is 23.0 Å². The summed E-state index contributed by atoms with van der Waals surface area (Å²) in [7, 11) is 0. The maximum Gasteiger partial charge on any atom is 0.198 e.